The molecule has 0 aliphatic heterocycles. The Hall–Kier alpha value is -1.82. The molecular weight excluding hydrogens is 371 g/mol. The normalized spacial score (nSPS) is 11.0. The van der Waals surface area contributed by atoms with Gasteiger partial charge in [-0.1, -0.05) is 34.8 Å². The summed E-state index contributed by atoms with van der Waals surface area (Å²) in [5.41, 5.74) is 2.22. The minimum atomic E-state index is -0.0856. The number of pyridine rings is 1. The third-order valence-electron chi connectivity index (χ3n) is 3.38. The number of nitrogens with zero attached hydrogens (tertiary/aromatic N) is 2. The van der Waals surface area contributed by atoms with Gasteiger partial charge in [0.2, 0.25) is 5.91 Å². The van der Waals surface area contributed by atoms with Crippen molar-refractivity contribution in [1.29, 1.82) is 0 Å². The minimum Gasteiger partial charge on any atom is -0.349 e. The minimum absolute atomic E-state index is 0.0856. The van der Waals surface area contributed by atoms with E-state index >= 15 is 0 Å². The number of fused-ring (bicyclic) bond motifs is 1. The quantitative estimate of drug-likeness (QED) is 0.650. The van der Waals surface area contributed by atoms with Crippen molar-refractivity contribution >= 4 is 51.9 Å². The molecule has 0 bridgehead atoms. The Bertz CT molecular complexity index is 874. The molecule has 124 valence electrons. The molecule has 0 fully saturated rings. The van der Waals surface area contributed by atoms with Crippen LogP contribution in [0.3, 0.4) is 0 Å². The second-order valence-electron chi connectivity index (χ2n) is 5.24. The second-order valence-corrected chi connectivity index (χ2v) is 6.50. The zero-order valence-corrected chi connectivity index (χ0v) is 14.7. The molecule has 0 saturated carbocycles. The SMILES string of the molecule is O=C(CCc1cc(Cl)cc(Cl)c1)NCc1nc2nc(Cl)ccc2[nH]1. The monoisotopic (exact) mass is 382 g/mol. The number of rotatable bonds is 5. The summed E-state index contributed by atoms with van der Waals surface area (Å²) >= 11 is 17.7. The number of H-pyrrole nitrogens is 1. The van der Waals surface area contributed by atoms with Gasteiger partial charge in [0.15, 0.2) is 5.65 Å². The van der Waals surface area contributed by atoms with Gasteiger partial charge in [-0.2, -0.15) is 0 Å². The molecule has 0 radical (unpaired) electrons. The molecule has 0 aliphatic carbocycles. The van der Waals surface area contributed by atoms with E-state index in [2.05, 4.69) is 20.3 Å². The van der Waals surface area contributed by atoms with Gasteiger partial charge in [-0.05, 0) is 42.3 Å². The first-order valence-electron chi connectivity index (χ1n) is 7.22. The molecule has 0 saturated heterocycles. The maximum absolute atomic E-state index is 12.0. The smallest absolute Gasteiger partial charge is 0.220 e. The molecule has 5 nitrogen and oxygen atoms in total. The van der Waals surface area contributed by atoms with Gasteiger partial charge in [0.25, 0.3) is 0 Å². The van der Waals surface area contributed by atoms with E-state index in [0.717, 1.165) is 11.1 Å². The standard InChI is InChI=1S/C16H13Cl3N4O/c17-10-5-9(6-11(18)7-10)1-4-15(24)20-8-14-21-12-2-3-13(19)22-16(12)23-14/h2-3,5-7H,1,4,8H2,(H,20,24)(H,21,22,23). The zero-order chi connectivity index (χ0) is 17.1. The highest BCUT2D eigenvalue weighted by molar-refractivity contribution is 6.34. The predicted octanol–water partition coefficient (Wildman–Crippen LogP) is 4.17. The van der Waals surface area contributed by atoms with Gasteiger partial charge in [-0.3, -0.25) is 4.79 Å². The third-order valence-corrected chi connectivity index (χ3v) is 4.02. The largest absolute Gasteiger partial charge is 0.349 e. The highest BCUT2D eigenvalue weighted by atomic mass is 35.5. The van der Waals surface area contributed by atoms with Crippen molar-refractivity contribution in [1.82, 2.24) is 20.3 Å². The highest BCUT2D eigenvalue weighted by Gasteiger charge is 2.08. The lowest BCUT2D eigenvalue weighted by atomic mass is 10.1. The van der Waals surface area contributed by atoms with Crippen molar-refractivity contribution in [3.63, 3.8) is 0 Å². The van der Waals surface area contributed by atoms with Gasteiger partial charge in [0.1, 0.15) is 11.0 Å². The Kier molecular flexibility index (Phi) is 5.23. The van der Waals surface area contributed by atoms with Crippen molar-refractivity contribution in [3.05, 3.63) is 56.9 Å². The van der Waals surface area contributed by atoms with Gasteiger partial charge in [-0.25, -0.2) is 9.97 Å². The van der Waals surface area contributed by atoms with Crippen molar-refractivity contribution in [3.8, 4) is 0 Å². The summed E-state index contributed by atoms with van der Waals surface area (Å²) in [6, 6.07) is 8.74. The molecule has 3 rings (SSSR count). The van der Waals surface area contributed by atoms with Crippen molar-refractivity contribution < 1.29 is 4.79 Å². The van der Waals surface area contributed by atoms with E-state index in [-0.39, 0.29) is 5.91 Å². The molecule has 24 heavy (non-hydrogen) atoms. The summed E-state index contributed by atoms with van der Waals surface area (Å²) in [7, 11) is 0. The van der Waals surface area contributed by atoms with E-state index in [1.165, 1.54) is 0 Å². The molecule has 0 unspecified atom stereocenters. The Morgan fingerprint density at radius 2 is 1.83 bits per heavy atom. The Labute approximate surface area is 153 Å². The van der Waals surface area contributed by atoms with Crippen LogP contribution in [0.1, 0.15) is 17.8 Å². The van der Waals surface area contributed by atoms with Gasteiger partial charge >= 0.3 is 0 Å². The maximum Gasteiger partial charge on any atom is 0.220 e. The fraction of sp³-hybridized carbons (Fsp3) is 0.188. The third kappa shape index (κ3) is 4.38. The van der Waals surface area contributed by atoms with Gasteiger partial charge in [-0.15, -0.1) is 0 Å². The average Bonchev–Trinajstić information content (AvgIpc) is 2.92. The molecule has 0 aliphatic rings. The van der Waals surface area contributed by atoms with Crippen LogP contribution in [0.5, 0.6) is 0 Å². The Balaban J connectivity index is 1.54. The average molecular weight is 384 g/mol. The van der Waals surface area contributed by atoms with E-state index in [9.17, 15) is 4.79 Å². The Morgan fingerprint density at radius 1 is 1.08 bits per heavy atom. The van der Waals surface area contributed by atoms with Crippen LogP contribution in [-0.4, -0.2) is 20.9 Å². The number of halogens is 3. The number of benzene rings is 1. The first kappa shape index (κ1) is 17.0. The van der Waals surface area contributed by atoms with Crippen molar-refractivity contribution in [2.24, 2.45) is 0 Å². The fourth-order valence-corrected chi connectivity index (χ4v) is 3.00. The summed E-state index contributed by atoms with van der Waals surface area (Å²) < 4.78 is 0. The molecule has 8 heteroatoms. The summed E-state index contributed by atoms with van der Waals surface area (Å²) in [6.45, 7) is 0.295. The van der Waals surface area contributed by atoms with Crippen LogP contribution in [-0.2, 0) is 17.8 Å². The molecule has 0 atom stereocenters. The molecule has 0 spiro atoms. The van der Waals surface area contributed by atoms with Gasteiger partial charge in [0.05, 0.1) is 12.1 Å². The summed E-state index contributed by atoms with van der Waals surface area (Å²) in [5, 5.41) is 4.32. The van der Waals surface area contributed by atoms with Crippen molar-refractivity contribution in [2.45, 2.75) is 19.4 Å². The van der Waals surface area contributed by atoms with Gasteiger partial charge < -0.3 is 10.3 Å². The molecule has 1 aromatic carbocycles. The first-order valence-corrected chi connectivity index (χ1v) is 8.36. The fourth-order valence-electron chi connectivity index (χ4n) is 2.29. The maximum atomic E-state index is 12.0. The zero-order valence-electron chi connectivity index (χ0n) is 12.4. The first-order chi connectivity index (χ1) is 11.5. The summed E-state index contributed by atoms with van der Waals surface area (Å²) in [4.78, 5) is 23.4. The van der Waals surface area contributed by atoms with E-state index in [1.54, 1.807) is 30.3 Å². The molecule has 1 amide bonds. The van der Waals surface area contributed by atoms with Crippen LogP contribution in [0.2, 0.25) is 15.2 Å². The second kappa shape index (κ2) is 7.38. The molecule has 3 aromatic rings. The van der Waals surface area contributed by atoms with Crippen LogP contribution in [0, 0.1) is 0 Å². The number of amides is 1. The topological polar surface area (TPSA) is 70.7 Å². The molecule has 2 N–H and O–H groups in total. The van der Waals surface area contributed by atoms with Gasteiger partial charge in [0, 0.05) is 16.5 Å². The molecule has 2 aromatic heterocycles. The number of carbonyl (C=O) groups excluding carboxylic acids is 1. The van der Waals surface area contributed by atoms with E-state index in [1.807, 2.05) is 0 Å². The number of imidazole rings is 1. The van der Waals surface area contributed by atoms with Crippen LogP contribution in [0.25, 0.3) is 11.2 Å². The summed E-state index contributed by atoms with van der Waals surface area (Å²) in [5.74, 6) is 0.538. The number of hydrogen-bond acceptors (Lipinski definition) is 3. The number of nitrogens with one attached hydrogen (secondary N) is 2. The van der Waals surface area contributed by atoms with Crippen LogP contribution in [0.4, 0.5) is 0 Å². The lowest BCUT2D eigenvalue weighted by Gasteiger charge is -2.05. The molecule has 2 heterocycles. The lowest BCUT2D eigenvalue weighted by molar-refractivity contribution is -0.121. The number of aromatic nitrogens is 3. The predicted molar refractivity (Wildman–Crippen MR) is 95.5 cm³/mol. The van der Waals surface area contributed by atoms with E-state index in [4.69, 9.17) is 34.8 Å². The molecular formula is C16H13Cl3N4O. The van der Waals surface area contributed by atoms with Crippen LogP contribution < -0.4 is 5.32 Å². The van der Waals surface area contributed by atoms with Crippen molar-refractivity contribution in [2.75, 3.05) is 0 Å². The van der Waals surface area contributed by atoms with Crippen LogP contribution in [0.15, 0.2) is 30.3 Å². The van der Waals surface area contributed by atoms with Crippen LogP contribution >= 0.6 is 34.8 Å². The Morgan fingerprint density at radius 3 is 2.58 bits per heavy atom. The van der Waals surface area contributed by atoms with E-state index in [0.29, 0.717) is 46.1 Å². The summed E-state index contributed by atoms with van der Waals surface area (Å²) in [6.07, 6.45) is 0.893. The number of carbonyl (C=O) groups is 1. The number of hydrogen-bond donors (Lipinski definition) is 2. The highest BCUT2D eigenvalue weighted by Crippen LogP contribution is 2.20. The number of aryl methyl sites for hydroxylation is 1. The van der Waals surface area contributed by atoms with E-state index < -0.39 is 0 Å². The lowest BCUT2D eigenvalue weighted by Crippen LogP contribution is -2.23. The number of aromatic amines is 1.